The van der Waals surface area contributed by atoms with Crippen molar-refractivity contribution < 1.29 is 4.79 Å². The Morgan fingerprint density at radius 1 is 1.22 bits per heavy atom. The maximum atomic E-state index is 10.3. The lowest BCUT2D eigenvalue weighted by Crippen LogP contribution is -2.30. The van der Waals surface area contributed by atoms with Gasteiger partial charge in [0, 0.05) is 24.2 Å². The summed E-state index contributed by atoms with van der Waals surface area (Å²) in [7, 11) is 0. The molecule has 2 rings (SSSR count). The van der Waals surface area contributed by atoms with Crippen LogP contribution in [0.3, 0.4) is 0 Å². The van der Waals surface area contributed by atoms with E-state index in [-0.39, 0.29) is 5.41 Å². The lowest BCUT2D eigenvalue weighted by atomic mass is 10.1. The molecule has 0 unspecified atom stereocenters. The molecule has 1 aliphatic carbocycles. The Bertz CT molecular complexity index is 433. The first-order valence-electron chi connectivity index (χ1n) is 5.98. The summed E-state index contributed by atoms with van der Waals surface area (Å²) in [6.07, 6.45) is 3.27. The quantitative estimate of drug-likeness (QED) is 0.598. The monoisotopic (exact) mass is 286 g/mol. The molecule has 0 spiro atoms. The van der Waals surface area contributed by atoms with Gasteiger partial charge in [0.15, 0.2) is 0 Å². The van der Waals surface area contributed by atoms with E-state index in [1.807, 2.05) is 12.1 Å². The van der Waals surface area contributed by atoms with Crippen molar-refractivity contribution in [1.82, 2.24) is 5.32 Å². The fourth-order valence-corrected chi connectivity index (χ4v) is 2.18. The molecule has 1 aliphatic rings. The number of halogens is 2. The van der Waals surface area contributed by atoms with Crippen LogP contribution in [0.4, 0.5) is 5.69 Å². The summed E-state index contributed by atoms with van der Waals surface area (Å²) in [5.41, 5.74) is 1.26. The predicted molar refractivity (Wildman–Crippen MR) is 75.6 cm³/mol. The van der Waals surface area contributed by atoms with Crippen LogP contribution >= 0.6 is 23.2 Å². The van der Waals surface area contributed by atoms with Gasteiger partial charge in [-0.3, -0.25) is 0 Å². The van der Waals surface area contributed by atoms with Gasteiger partial charge in [-0.1, -0.05) is 23.2 Å². The maximum absolute atomic E-state index is 10.3. The highest BCUT2D eigenvalue weighted by Crippen LogP contribution is 2.45. The molecule has 5 heteroatoms. The van der Waals surface area contributed by atoms with Crippen LogP contribution in [-0.2, 0) is 4.79 Å². The minimum Gasteiger partial charge on any atom is -0.384 e. The number of hydrogen-bond donors (Lipinski definition) is 2. The molecule has 98 valence electrons. The Balaban J connectivity index is 1.83. The molecule has 18 heavy (non-hydrogen) atoms. The van der Waals surface area contributed by atoms with Crippen molar-refractivity contribution in [3.63, 3.8) is 0 Å². The van der Waals surface area contributed by atoms with E-state index >= 15 is 0 Å². The van der Waals surface area contributed by atoms with E-state index in [0.29, 0.717) is 16.6 Å². The zero-order valence-corrected chi connectivity index (χ0v) is 11.5. The number of hydrogen-bond acceptors (Lipinski definition) is 3. The Hall–Kier alpha value is -0.770. The molecule has 0 saturated heterocycles. The third-order valence-electron chi connectivity index (χ3n) is 3.27. The predicted octanol–water partition coefficient (Wildman–Crippen LogP) is 2.97. The minimum absolute atomic E-state index is 0.287. The molecule has 1 saturated carbocycles. The molecule has 0 aliphatic heterocycles. The van der Waals surface area contributed by atoms with E-state index in [9.17, 15) is 4.79 Å². The summed E-state index contributed by atoms with van der Waals surface area (Å²) in [6.45, 7) is 2.19. The Labute approximate surface area is 117 Å². The summed E-state index contributed by atoms with van der Waals surface area (Å²) in [5.74, 6) is 0. The zero-order chi connectivity index (χ0) is 13.0. The van der Waals surface area contributed by atoms with Crippen LogP contribution in [0.1, 0.15) is 12.8 Å². The van der Waals surface area contributed by atoms with Gasteiger partial charge >= 0.3 is 0 Å². The molecule has 1 fully saturated rings. The van der Waals surface area contributed by atoms with Gasteiger partial charge in [-0.15, -0.1) is 0 Å². The number of rotatable bonds is 7. The first-order chi connectivity index (χ1) is 8.65. The number of carbonyl (C=O) groups excluding carboxylic acids is 1. The molecular formula is C13H16Cl2N2O. The summed E-state index contributed by atoms with van der Waals surface area (Å²) >= 11 is 11.8. The van der Waals surface area contributed by atoms with Crippen LogP contribution in [0, 0.1) is 5.41 Å². The fourth-order valence-electron chi connectivity index (χ4n) is 1.88. The van der Waals surface area contributed by atoms with Crippen molar-refractivity contribution in [3.8, 4) is 0 Å². The third kappa shape index (κ3) is 3.61. The molecule has 0 amide bonds. The van der Waals surface area contributed by atoms with Gasteiger partial charge in [-0.25, -0.2) is 0 Å². The second kappa shape index (κ2) is 5.91. The number of carbonyl (C=O) groups is 1. The highest BCUT2D eigenvalue weighted by molar-refractivity contribution is 6.42. The molecule has 1 aromatic carbocycles. The summed E-state index contributed by atoms with van der Waals surface area (Å²) < 4.78 is 0. The van der Waals surface area contributed by atoms with Crippen molar-refractivity contribution in [2.24, 2.45) is 5.41 Å². The van der Waals surface area contributed by atoms with Crippen LogP contribution in [0.25, 0.3) is 0 Å². The Kier molecular flexibility index (Phi) is 4.49. The average Bonchev–Trinajstić information content (AvgIpc) is 3.12. The number of aldehydes is 1. The zero-order valence-electron chi connectivity index (χ0n) is 10.0. The summed E-state index contributed by atoms with van der Waals surface area (Å²) in [5, 5.41) is 7.64. The van der Waals surface area contributed by atoms with E-state index in [1.54, 1.807) is 6.07 Å². The largest absolute Gasteiger partial charge is 0.384 e. The van der Waals surface area contributed by atoms with E-state index in [2.05, 4.69) is 10.6 Å². The van der Waals surface area contributed by atoms with Crippen LogP contribution in [0.2, 0.25) is 10.0 Å². The van der Waals surface area contributed by atoms with Gasteiger partial charge in [0.1, 0.15) is 6.29 Å². The second-order valence-corrected chi connectivity index (χ2v) is 5.59. The SMILES string of the molecule is O=CCNCC1(CNc2ccc(Cl)c(Cl)c2)CC1. The molecule has 0 aromatic heterocycles. The fraction of sp³-hybridized carbons (Fsp3) is 0.462. The van der Waals surface area contributed by atoms with Gasteiger partial charge in [-0.2, -0.15) is 0 Å². The Morgan fingerprint density at radius 3 is 2.61 bits per heavy atom. The van der Waals surface area contributed by atoms with Gasteiger partial charge in [0.2, 0.25) is 0 Å². The van der Waals surface area contributed by atoms with Crippen molar-refractivity contribution >= 4 is 35.2 Å². The van der Waals surface area contributed by atoms with E-state index < -0.39 is 0 Å². The minimum atomic E-state index is 0.287. The van der Waals surface area contributed by atoms with Crippen molar-refractivity contribution in [2.45, 2.75) is 12.8 Å². The smallest absolute Gasteiger partial charge is 0.133 e. The molecule has 3 nitrogen and oxygen atoms in total. The van der Waals surface area contributed by atoms with Gasteiger partial charge in [-0.05, 0) is 31.0 Å². The van der Waals surface area contributed by atoms with Crippen LogP contribution in [0.15, 0.2) is 18.2 Å². The number of anilines is 1. The maximum Gasteiger partial charge on any atom is 0.133 e. The van der Waals surface area contributed by atoms with E-state index in [1.165, 1.54) is 12.8 Å². The van der Waals surface area contributed by atoms with E-state index in [0.717, 1.165) is 25.1 Å². The standard InChI is InChI=1S/C13H16Cl2N2O/c14-11-2-1-10(7-12(11)15)17-9-13(3-4-13)8-16-5-6-18/h1-2,6-7,16-17H,3-5,8-9H2. The van der Waals surface area contributed by atoms with Crippen LogP contribution in [0.5, 0.6) is 0 Å². The Morgan fingerprint density at radius 2 is 2.00 bits per heavy atom. The van der Waals surface area contributed by atoms with E-state index in [4.69, 9.17) is 23.2 Å². The molecule has 1 aromatic rings. The van der Waals surface area contributed by atoms with Gasteiger partial charge < -0.3 is 15.4 Å². The van der Waals surface area contributed by atoms with Crippen LogP contribution < -0.4 is 10.6 Å². The summed E-state index contributed by atoms with van der Waals surface area (Å²) in [6, 6.07) is 5.54. The molecule has 0 heterocycles. The topological polar surface area (TPSA) is 41.1 Å². The van der Waals surface area contributed by atoms with Crippen molar-refractivity contribution in [3.05, 3.63) is 28.2 Å². The van der Waals surface area contributed by atoms with Crippen molar-refractivity contribution in [1.29, 1.82) is 0 Å². The average molecular weight is 287 g/mol. The highest BCUT2D eigenvalue weighted by Gasteiger charge is 2.41. The molecular weight excluding hydrogens is 271 g/mol. The molecule has 0 atom stereocenters. The number of benzene rings is 1. The van der Waals surface area contributed by atoms with Crippen LogP contribution in [-0.4, -0.2) is 25.9 Å². The lowest BCUT2D eigenvalue weighted by Gasteiger charge is -2.17. The lowest BCUT2D eigenvalue weighted by molar-refractivity contribution is -0.107. The molecule has 2 N–H and O–H groups in total. The van der Waals surface area contributed by atoms with Gasteiger partial charge in [0.25, 0.3) is 0 Å². The second-order valence-electron chi connectivity index (χ2n) is 4.78. The summed E-state index contributed by atoms with van der Waals surface area (Å²) in [4.78, 5) is 10.3. The first-order valence-corrected chi connectivity index (χ1v) is 6.74. The third-order valence-corrected chi connectivity index (χ3v) is 4.01. The highest BCUT2D eigenvalue weighted by atomic mass is 35.5. The molecule has 0 bridgehead atoms. The van der Waals surface area contributed by atoms with Crippen molar-refractivity contribution in [2.75, 3.05) is 25.0 Å². The first kappa shape index (κ1) is 13.7. The molecule has 0 radical (unpaired) electrons. The van der Waals surface area contributed by atoms with Gasteiger partial charge in [0.05, 0.1) is 16.6 Å². The number of nitrogens with one attached hydrogen (secondary N) is 2. The normalized spacial score (nSPS) is 16.3.